The molecule has 0 aromatic rings. The molecular formula is C20H34O3. The summed E-state index contributed by atoms with van der Waals surface area (Å²) in [4.78, 5) is 0. The fraction of sp³-hybridized carbons (Fsp3) is 0.900. The Kier molecular flexibility index (Phi) is 4.23. The molecule has 0 saturated heterocycles. The Morgan fingerprint density at radius 1 is 1.09 bits per heavy atom. The highest BCUT2D eigenvalue weighted by molar-refractivity contribution is 5.33. The van der Waals surface area contributed by atoms with Gasteiger partial charge >= 0.3 is 0 Å². The summed E-state index contributed by atoms with van der Waals surface area (Å²) in [6, 6.07) is 0. The Balaban J connectivity index is 1.98. The molecule has 5 atom stereocenters. The van der Waals surface area contributed by atoms with E-state index in [1.165, 1.54) is 11.1 Å². The van der Waals surface area contributed by atoms with Gasteiger partial charge in [0.25, 0.3) is 0 Å². The van der Waals surface area contributed by atoms with Crippen LogP contribution in [0.4, 0.5) is 0 Å². The molecule has 3 nitrogen and oxygen atoms in total. The van der Waals surface area contributed by atoms with Gasteiger partial charge in [-0.2, -0.15) is 0 Å². The Bertz CT molecular complexity index is 509. The van der Waals surface area contributed by atoms with Crippen molar-refractivity contribution in [1.82, 2.24) is 0 Å². The maximum Gasteiger partial charge on any atom is 0.0827 e. The molecule has 1 fully saturated rings. The van der Waals surface area contributed by atoms with Crippen LogP contribution in [0.2, 0.25) is 0 Å². The zero-order valence-electron chi connectivity index (χ0n) is 15.2. The summed E-state index contributed by atoms with van der Waals surface area (Å²) >= 11 is 0. The van der Waals surface area contributed by atoms with Gasteiger partial charge in [-0.3, -0.25) is 0 Å². The molecule has 3 aliphatic carbocycles. The fourth-order valence-electron chi connectivity index (χ4n) is 6.11. The van der Waals surface area contributed by atoms with Gasteiger partial charge in [-0.05, 0) is 61.7 Å². The minimum Gasteiger partial charge on any atom is -0.394 e. The molecule has 0 unspecified atom stereocenters. The smallest absolute Gasteiger partial charge is 0.0827 e. The normalized spacial score (nSPS) is 44.5. The zero-order valence-corrected chi connectivity index (χ0v) is 15.2. The number of rotatable bonds is 2. The predicted molar refractivity (Wildman–Crippen MR) is 91.9 cm³/mol. The molecule has 0 amide bonds. The van der Waals surface area contributed by atoms with Crippen LogP contribution >= 0.6 is 0 Å². The van der Waals surface area contributed by atoms with Crippen LogP contribution < -0.4 is 0 Å². The second kappa shape index (κ2) is 5.57. The average Bonchev–Trinajstić information content (AvgIpc) is 2.50. The quantitative estimate of drug-likeness (QED) is 0.683. The molecule has 3 N–H and O–H groups in total. The molecule has 1 saturated carbocycles. The first-order valence-electron chi connectivity index (χ1n) is 9.33. The van der Waals surface area contributed by atoms with Crippen molar-refractivity contribution >= 4 is 0 Å². The van der Waals surface area contributed by atoms with E-state index in [1.54, 1.807) is 0 Å². The first-order valence-corrected chi connectivity index (χ1v) is 9.33. The fourth-order valence-corrected chi connectivity index (χ4v) is 6.11. The van der Waals surface area contributed by atoms with Gasteiger partial charge < -0.3 is 15.3 Å². The van der Waals surface area contributed by atoms with E-state index in [4.69, 9.17) is 0 Å². The third-order valence-corrected chi connectivity index (χ3v) is 7.77. The zero-order chi connectivity index (χ0) is 17.0. The van der Waals surface area contributed by atoms with Crippen molar-refractivity contribution in [3.8, 4) is 0 Å². The highest BCUT2D eigenvalue weighted by atomic mass is 16.3. The standard InChI is InChI=1S/C20H34O3/c1-18(2)9-8-16(22)20(4)14-7-10-19(3,17(23)12-21)11-13(14)5-6-15(18)20/h15-17,21-23H,5-12H2,1-4H3/t15-,16-,17+,19-,20-/m1/s1. The van der Waals surface area contributed by atoms with E-state index in [1.807, 2.05) is 0 Å². The second-order valence-corrected chi connectivity index (χ2v) is 9.53. The lowest BCUT2D eigenvalue weighted by molar-refractivity contribution is -0.0933. The van der Waals surface area contributed by atoms with Gasteiger partial charge in [0, 0.05) is 5.41 Å². The van der Waals surface area contributed by atoms with Crippen LogP contribution in [0.25, 0.3) is 0 Å². The summed E-state index contributed by atoms with van der Waals surface area (Å²) in [5, 5.41) is 30.5. The molecule has 0 spiro atoms. The Morgan fingerprint density at radius 3 is 2.43 bits per heavy atom. The number of fused-ring (bicyclic) bond motifs is 2. The van der Waals surface area contributed by atoms with Crippen LogP contribution in [0.15, 0.2) is 11.1 Å². The van der Waals surface area contributed by atoms with Crippen LogP contribution in [0.3, 0.4) is 0 Å². The molecule has 3 heteroatoms. The topological polar surface area (TPSA) is 60.7 Å². The number of hydrogen-bond donors (Lipinski definition) is 3. The lowest BCUT2D eigenvalue weighted by Gasteiger charge is -2.59. The van der Waals surface area contributed by atoms with Crippen molar-refractivity contribution in [2.75, 3.05) is 6.61 Å². The summed E-state index contributed by atoms with van der Waals surface area (Å²) in [7, 11) is 0. The van der Waals surface area contributed by atoms with Gasteiger partial charge in [0.15, 0.2) is 0 Å². The van der Waals surface area contributed by atoms with Crippen LogP contribution in [0, 0.1) is 22.2 Å². The monoisotopic (exact) mass is 322 g/mol. The Labute approximate surface area is 140 Å². The van der Waals surface area contributed by atoms with Crippen LogP contribution in [0.5, 0.6) is 0 Å². The van der Waals surface area contributed by atoms with Crippen LogP contribution in [0.1, 0.15) is 72.6 Å². The molecule has 3 aliphatic rings. The van der Waals surface area contributed by atoms with E-state index in [9.17, 15) is 15.3 Å². The summed E-state index contributed by atoms with van der Waals surface area (Å²) < 4.78 is 0. The van der Waals surface area contributed by atoms with E-state index >= 15 is 0 Å². The van der Waals surface area contributed by atoms with Gasteiger partial charge in [0.2, 0.25) is 0 Å². The molecule has 0 aromatic heterocycles. The number of aliphatic hydroxyl groups is 3. The third kappa shape index (κ3) is 2.51. The summed E-state index contributed by atoms with van der Waals surface area (Å²) in [6.45, 7) is 8.98. The largest absolute Gasteiger partial charge is 0.394 e. The molecule has 132 valence electrons. The van der Waals surface area contributed by atoms with Crippen molar-refractivity contribution in [2.45, 2.75) is 84.8 Å². The minimum atomic E-state index is -0.644. The summed E-state index contributed by atoms with van der Waals surface area (Å²) in [5.41, 5.74) is 2.92. The van der Waals surface area contributed by atoms with E-state index in [0.29, 0.717) is 5.92 Å². The van der Waals surface area contributed by atoms with Crippen LogP contribution in [-0.4, -0.2) is 34.1 Å². The van der Waals surface area contributed by atoms with Crippen molar-refractivity contribution in [2.24, 2.45) is 22.2 Å². The maximum atomic E-state index is 10.9. The SMILES string of the molecule is CC1(C)CC[C@@H](O)[C@]2(C)C3=C(CC[C@H]12)C[C@](C)([C@@H](O)CO)CC3. The van der Waals surface area contributed by atoms with Gasteiger partial charge in [-0.1, -0.05) is 38.8 Å². The Morgan fingerprint density at radius 2 is 1.78 bits per heavy atom. The molecule has 0 bridgehead atoms. The van der Waals surface area contributed by atoms with Gasteiger partial charge in [-0.25, -0.2) is 0 Å². The van der Waals surface area contributed by atoms with E-state index in [-0.39, 0.29) is 29.0 Å². The van der Waals surface area contributed by atoms with Crippen molar-refractivity contribution in [3.05, 3.63) is 11.1 Å². The van der Waals surface area contributed by atoms with Gasteiger partial charge in [-0.15, -0.1) is 0 Å². The first kappa shape index (κ1) is 17.4. The number of allylic oxidation sites excluding steroid dienone is 1. The van der Waals surface area contributed by atoms with E-state index in [0.717, 1.165) is 44.9 Å². The van der Waals surface area contributed by atoms with Crippen molar-refractivity contribution in [3.63, 3.8) is 0 Å². The summed E-state index contributed by atoms with van der Waals surface area (Å²) in [6.07, 6.45) is 6.11. The Hall–Kier alpha value is -0.380. The first-order chi connectivity index (χ1) is 10.6. The van der Waals surface area contributed by atoms with E-state index in [2.05, 4.69) is 27.7 Å². The third-order valence-electron chi connectivity index (χ3n) is 7.77. The highest BCUT2D eigenvalue weighted by Gasteiger charge is 2.56. The molecule has 0 aromatic carbocycles. The molecule has 0 heterocycles. The predicted octanol–water partition coefficient (Wildman–Crippen LogP) is 3.42. The molecule has 23 heavy (non-hydrogen) atoms. The maximum absolute atomic E-state index is 10.9. The van der Waals surface area contributed by atoms with Crippen LogP contribution in [-0.2, 0) is 0 Å². The number of hydrogen-bond acceptors (Lipinski definition) is 3. The molecular weight excluding hydrogens is 288 g/mol. The molecule has 3 rings (SSSR count). The lowest BCUT2D eigenvalue weighted by atomic mass is 9.47. The van der Waals surface area contributed by atoms with E-state index < -0.39 is 6.10 Å². The second-order valence-electron chi connectivity index (χ2n) is 9.53. The van der Waals surface area contributed by atoms with Gasteiger partial charge in [0.05, 0.1) is 18.8 Å². The number of aliphatic hydroxyl groups excluding tert-OH is 3. The average molecular weight is 322 g/mol. The summed E-state index contributed by atoms with van der Waals surface area (Å²) in [5.74, 6) is 0.546. The van der Waals surface area contributed by atoms with Crippen molar-refractivity contribution in [1.29, 1.82) is 0 Å². The molecule has 0 aliphatic heterocycles. The van der Waals surface area contributed by atoms with Gasteiger partial charge in [0.1, 0.15) is 0 Å². The molecule has 0 radical (unpaired) electrons. The highest BCUT2D eigenvalue weighted by Crippen LogP contribution is 2.63. The lowest BCUT2D eigenvalue weighted by Crippen LogP contribution is -2.54. The minimum absolute atomic E-state index is 0.0964. The van der Waals surface area contributed by atoms with Crippen molar-refractivity contribution < 1.29 is 15.3 Å².